The number of fused-ring (bicyclic) bond motifs is 5. The fourth-order valence-corrected chi connectivity index (χ4v) is 7.47. The smallest absolute Gasteiger partial charge is 0.410 e. The van der Waals surface area contributed by atoms with Gasteiger partial charge < -0.3 is 19.2 Å². The van der Waals surface area contributed by atoms with Gasteiger partial charge in [0.05, 0.1) is 29.6 Å². The summed E-state index contributed by atoms with van der Waals surface area (Å²) in [5.41, 5.74) is 3.68. The van der Waals surface area contributed by atoms with Crippen LogP contribution in [0.1, 0.15) is 56.3 Å². The van der Waals surface area contributed by atoms with Gasteiger partial charge in [-0.3, -0.25) is 14.8 Å². The van der Waals surface area contributed by atoms with Crippen molar-refractivity contribution in [2.45, 2.75) is 69.7 Å². The highest BCUT2D eigenvalue weighted by atomic mass is 19.1. The molecule has 218 valence electrons. The molecular formula is C32H34FN5O4. The van der Waals surface area contributed by atoms with Gasteiger partial charge in [-0.2, -0.15) is 0 Å². The molecule has 1 amide bonds. The first kappa shape index (κ1) is 25.8. The van der Waals surface area contributed by atoms with E-state index in [1.165, 1.54) is 0 Å². The fraction of sp³-hybridized carbons (Fsp3) is 0.469. The van der Waals surface area contributed by atoms with E-state index >= 15 is 4.39 Å². The maximum Gasteiger partial charge on any atom is 0.410 e. The first-order valence-corrected chi connectivity index (χ1v) is 15.1. The molecule has 4 aliphatic rings. The third kappa shape index (κ3) is 3.95. The lowest BCUT2D eigenvalue weighted by molar-refractivity contribution is 0.119. The number of likely N-dealkylation sites (N-methyl/N-ethyl adjacent to an activating group) is 1. The number of aromatic nitrogens is 3. The van der Waals surface area contributed by atoms with Crippen molar-refractivity contribution in [1.82, 2.24) is 24.8 Å². The SMILES string of the molecule is C[C@H](Oc1nc2c(F)c(-c3cccc4c3OCCC4)ncc2c2[nH]c(C3CC[C@H]4COC(=O)N34)cc12)[C@@H]1CCCN1C. The fourth-order valence-electron chi connectivity index (χ4n) is 7.47. The molecule has 1 unspecified atom stereocenters. The average molecular weight is 572 g/mol. The summed E-state index contributed by atoms with van der Waals surface area (Å²) in [4.78, 5) is 29.7. The number of carbonyl (C=O) groups is 1. The van der Waals surface area contributed by atoms with Gasteiger partial charge in [-0.15, -0.1) is 0 Å². The van der Waals surface area contributed by atoms with Crippen molar-refractivity contribution in [2.24, 2.45) is 0 Å². The Labute approximate surface area is 243 Å². The van der Waals surface area contributed by atoms with Gasteiger partial charge >= 0.3 is 6.09 Å². The first-order valence-electron chi connectivity index (χ1n) is 15.1. The number of pyridine rings is 2. The van der Waals surface area contributed by atoms with Crippen molar-refractivity contribution < 1.29 is 23.4 Å². The number of cyclic esters (lactones) is 1. The zero-order valence-corrected chi connectivity index (χ0v) is 23.9. The number of hydrogen-bond donors (Lipinski definition) is 1. The Kier molecular flexibility index (Phi) is 6.03. The Bertz CT molecular complexity index is 1720. The van der Waals surface area contributed by atoms with Crippen molar-refractivity contribution in [3.05, 3.63) is 47.5 Å². The van der Waals surface area contributed by atoms with Crippen LogP contribution in [0.5, 0.6) is 11.6 Å². The molecule has 4 atom stereocenters. The standard InChI is InChI=1S/C32H34FN5O4/c1-17(24-9-4-12-37(24)2)42-31-21-14-23(25-11-10-19-16-41-32(39)38(19)25)35-27(21)22-15-34-28(26(33)29(22)36-31)20-8-3-6-18-7-5-13-40-30(18)20/h3,6,8,14-15,17,19,24-25,35H,4-5,7,9-13,16H2,1-2H3/t17-,19-,24-,25?/m0/s1. The second kappa shape index (κ2) is 9.83. The second-order valence-corrected chi connectivity index (χ2v) is 12.1. The van der Waals surface area contributed by atoms with Crippen LogP contribution in [0, 0.1) is 5.82 Å². The molecule has 3 saturated heterocycles. The lowest BCUT2D eigenvalue weighted by atomic mass is 9.99. The number of benzene rings is 1. The first-order chi connectivity index (χ1) is 20.5. The monoisotopic (exact) mass is 571 g/mol. The molecule has 9 nitrogen and oxygen atoms in total. The molecule has 0 aliphatic carbocycles. The van der Waals surface area contributed by atoms with E-state index in [-0.39, 0.29) is 41.5 Å². The number of H-pyrrole nitrogens is 1. The summed E-state index contributed by atoms with van der Waals surface area (Å²) in [6.07, 6.45) is 6.93. The van der Waals surface area contributed by atoms with Crippen LogP contribution in [0.3, 0.4) is 0 Å². The molecule has 8 rings (SSSR count). The lowest BCUT2D eigenvalue weighted by Gasteiger charge is -2.26. The van der Waals surface area contributed by atoms with Crippen molar-refractivity contribution in [3.8, 4) is 22.9 Å². The van der Waals surface area contributed by atoms with Crippen LogP contribution < -0.4 is 9.47 Å². The number of para-hydroxylation sites is 1. The second-order valence-electron chi connectivity index (χ2n) is 12.1. The molecule has 10 heteroatoms. The van der Waals surface area contributed by atoms with Crippen LogP contribution in [-0.2, 0) is 11.2 Å². The summed E-state index contributed by atoms with van der Waals surface area (Å²) in [6, 6.07) is 7.99. The zero-order valence-electron chi connectivity index (χ0n) is 23.9. The summed E-state index contributed by atoms with van der Waals surface area (Å²) in [5.74, 6) is 0.571. The highest BCUT2D eigenvalue weighted by molar-refractivity contribution is 6.07. The van der Waals surface area contributed by atoms with E-state index in [9.17, 15) is 4.79 Å². The quantitative estimate of drug-likeness (QED) is 0.326. The minimum atomic E-state index is -0.507. The normalized spacial score (nSPS) is 24.6. The molecule has 4 aliphatic heterocycles. The predicted molar refractivity (Wildman–Crippen MR) is 155 cm³/mol. The summed E-state index contributed by atoms with van der Waals surface area (Å²) in [6.45, 7) is 4.10. The van der Waals surface area contributed by atoms with Crippen molar-refractivity contribution >= 4 is 27.9 Å². The van der Waals surface area contributed by atoms with Gasteiger partial charge in [-0.25, -0.2) is 14.2 Å². The molecule has 3 fully saturated rings. The van der Waals surface area contributed by atoms with Crippen LogP contribution in [0.25, 0.3) is 33.1 Å². The number of nitrogens with one attached hydrogen (secondary N) is 1. The van der Waals surface area contributed by atoms with Crippen LogP contribution >= 0.6 is 0 Å². The highest BCUT2D eigenvalue weighted by Crippen LogP contribution is 2.44. The number of likely N-dealkylation sites (tertiary alicyclic amines) is 1. The van der Waals surface area contributed by atoms with Gasteiger partial charge in [0, 0.05) is 28.9 Å². The summed E-state index contributed by atoms with van der Waals surface area (Å²) in [5, 5.41) is 1.33. The van der Waals surface area contributed by atoms with Gasteiger partial charge in [0.2, 0.25) is 5.88 Å². The summed E-state index contributed by atoms with van der Waals surface area (Å²) < 4.78 is 34.4. The highest BCUT2D eigenvalue weighted by Gasteiger charge is 2.44. The maximum absolute atomic E-state index is 16.5. The van der Waals surface area contributed by atoms with Crippen molar-refractivity contribution in [1.29, 1.82) is 0 Å². The molecule has 0 spiro atoms. The van der Waals surface area contributed by atoms with Crippen molar-refractivity contribution in [2.75, 3.05) is 26.8 Å². The number of aryl methyl sites for hydroxylation is 1. The van der Waals surface area contributed by atoms with E-state index in [1.54, 1.807) is 6.20 Å². The number of hydrogen-bond acceptors (Lipinski definition) is 7. The summed E-state index contributed by atoms with van der Waals surface area (Å²) in [7, 11) is 2.11. The molecule has 3 aromatic heterocycles. The van der Waals surface area contributed by atoms with E-state index in [4.69, 9.17) is 19.2 Å². The van der Waals surface area contributed by atoms with E-state index in [1.807, 2.05) is 29.2 Å². The van der Waals surface area contributed by atoms with Crippen molar-refractivity contribution in [3.63, 3.8) is 0 Å². The third-order valence-corrected chi connectivity index (χ3v) is 9.62. The molecule has 1 aromatic carbocycles. The molecule has 42 heavy (non-hydrogen) atoms. The lowest BCUT2D eigenvalue weighted by Crippen LogP contribution is -2.38. The minimum Gasteiger partial charge on any atom is -0.493 e. The Morgan fingerprint density at radius 2 is 2.07 bits per heavy atom. The van der Waals surface area contributed by atoms with E-state index in [0.717, 1.165) is 61.7 Å². The number of ether oxygens (including phenoxy) is 3. The predicted octanol–water partition coefficient (Wildman–Crippen LogP) is 5.76. The Balaban J connectivity index is 1.29. The van der Waals surface area contributed by atoms with Gasteiger partial charge in [0.25, 0.3) is 0 Å². The molecule has 0 radical (unpaired) electrons. The van der Waals surface area contributed by atoms with E-state index < -0.39 is 5.82 Å². The van der Waals surface area contributed by atoms with Crippen LogP contribution in [0.15, 0.2) is 30.5 Å². The van der Waals surface area contributed by atoms with E-state index in [0.29, 0.717) is 41.3 Å². The van der Waals surface area contributed by atoms with Gasteiger partial charge in [-0.1, -0.05) is 12.1 Å². The Hall–Kier alpha value is -3.92. The average Bonchev–Trinajstić information content (AvgIpc) is 3.79. The molecule has 4 aromatic rings. The van der Waals surface area contributed by atoms with Crippen LogP contribution in [-0.4, -0.2) is 75.8 Å². The van der Waals surface area contributed by atoms with E-state index in [2.05, 4.69) is 28.8 Å². The Morgan fingerprint density at radius 3 is 2.93 bits per heavy atom. The minimum absolute atomic E-state index is 0.0816. The molecule has 7 heterocycles. The summed E-state index contributed by atoms with van der Waals surface area (Å²) >= 11 is 0. The zero-order chi connectivity index (χ0) is 28.5. The number of aromatic amines is 1. The molecular weight excluding hydrogens is 537 g/mol. The van der Waals surface area contributed by atoms with Gasteiger partial charge in [0.15, 0.2) is 5.82 Å². The largest absolute Gasteiger partial charge is 0.493 e. The maximum atomic E-state index is 16.5. The number of carbonyl (C=O) groups excluding carboxylic acids is 1. The van der Waals surface area contributed by atoms with Gasteiger partial charge in [0.1, 0.15) is 29.7 Å². The molecule has 1 N–H and O–H groups in total. The van der Waals surface area contributed by atoms with Crippen LogP contribution in [0.2, 0.25) is 0 Å². The topological polar surface area (TPSA) is 92.8 Å². The number of rotatable bonds is 5. The number of nitrogens with zero attached hydrogens (tertiary/aromatic N) is 4. The number of halogens is 1. The molecule has 0 bridgehead atoms. The third-order valence-electron chi connectivity index (χ3n) is 9.62. The van der Waals surface area contributed by atoms with Gasteiger partial charge in [-0.05, 0) is 76.7 Å². The van der Waals surface area contributed by atoms with Crippen LogP contribution in [0.4, 0.5) is 9.18 Å². The number of amides is 1. The molecule has 0 saturated carbocycles. The Morgan fingerprint density at radius 1 is 1.17 bits per heavy atom.